The van der Waals surface area contributed by atoms with E-state index in [2.05, 4.69) is 0 Å². The van der Waals surface area contributed by atoms with E-state index in [1.54, 1.807) is 42.5 Å². The van der Waals surface area contributed by atoms with Crippen LogP contribution in [0.2, 0.25) is 0 Å². The van der Waals surface area contributed by atoms with Gasteiger partial charge < -0.3 is 5.11 Å². The number of aliphatic carboxylic acids is 1. The molecule has 0 aliphatic heterocycles. The lowest BCUT2D eigenvalue weighted by molar-refractivity contribution is -0.132. The maximum Gasteiger partial charge on any atom is 0.346 e. The Morgan fingerprint density at radius 1 is 1.00 bits per heavy atom. The van der Waals surface area contributed by atoms with E-state index >= 15 is 0 Å². The van der Waals surface area contributed by atoms with Crippen LogP contribution in [0.15, 0.2) is 35.4 Å². The summed E-state index contributed by atoms with van der Waals surface area (Å²) in [6.07, 6.45) is 0.102. The molecule has 0 spiro atoms. The molecule has 0 unspecified atom stereocenters. The van der Waals surface area contributed by atoms with Crippen LogP contribution in [0.3, 0.4) is 0 Å². The third-order valence-corrected chi connectivity index (χ3v) is 3.08. The minimum Gasteiger partial charge on any atom is -0.477 e. The highest BCUT2D eigenvalue weighted by Crippen LogP contribution is 2.43. The average Bonchev–Trinajstić information content (AvgIpc) is 2.81. The van der Waals surface area contributed by atoms with E-state index in [0.717, 1.165) is 0 Å². The molecule has 0 aromatic heterocycles. The highest BCUT2D eigenvalue weighted by atomic mass is 16.4. The van der Waals surface area contributed by atoms with E-state index in [0.29, 0.717) is 22.3 Å². The Morgan fingerprint density at radius 3 is 2.00 bits per heavy atom. The lowest BCUT2D eigenvalue weighted by Gasteiger charge is -2.00. The predicted octanol–water partition coefficient (Wildman–Crippen LogP) is 2.25. The number of rotatable bonds is 1. The van der Waals surface area contributed by atoms with Gasteiger partial charge in [0, 0.05) is 6.42 Å². The Bertz CT molecular complexity index is 780. The highest BCUT2D eigenvalue weighted by molar-refractivity contribution is 6.07. The molecule has 0 saturated carbocycles. The van der Waals surface area contributed by atoms with Crippen LogP contribution in [0.5, 0.6) is 0 Å². The molecule has 1 aliphatic carbocycles. The van der Waals surface area contributed by atoms with Gasteiger partial charge in [0.1, 0.15) is 29.4 Å². The second-order valence-electron chi connectivity index (χ2n) is 4.07. The van der Waals surface area contributed by atoms with Crippen molar-refractivity contribution in [2.75, 3.05) is 0 Å². The Kier molecular flexibility index (Phi) is 3.33. The fourth-order valence-electron chi connectivity index (χ4n) is 2.23. The van der Waals surface area contributed by atoms with Crippen molar-refractivity contribution in [3.05, 3.63) is 46.5 Å². The predicted molar refractivity (Wildman–Crippen MR) is 69.4 cm³/mol. The van der Waals surface area contributed by atoms with Gasteiger partial charge in [0.2, 0.25) is 0 Å². The van der Waals surface area contributed by atoms with E-state index in [1.807, 2.05) is 0 Å². The molecule has 2 rings (SSSR count). The molecule has 5 nitrogen and oxygen atoms in total. The first kappa shape index (κ1) is 13.1. The Hall–Kier alpha value is -3.36. The fraction of sp³-hybridized carbons (Fsp3) is 0.0667. The molecule has 0 heterocycles. The smallest absolute Gasteiger partial charge is 0.346 e. The summed E-state index contributed by atoms with van der Waals surface area (Å²) in [6, 6.07) is 12.1. The lowest BCUT2D eigenvalue weighted by Crippen LogP contribution is -2.00. The van der Waals surface area contributed by atoms with Crippen LogP contribution in [-0.4, -0.2) is 11.1 Å². The molecule has 0 bridgehead atoms. The summed E-state index contributed by atoms with van der Waals surface area (Å²) in [5.41, 5.74) is 1.61. The summed E-state index contributed by atoms with van der Waals surface area (Å²) in [4.78, 5) is 11.1. The first-order chi connectivity index (χ1) is 9.63. The SMILES string of the molecule is N#CC(C#N)=C1CC(=C(C#N)C(=O)O)c2ccccc21. The molecule has 1 aromatic carbocycles. The zero-order chi connectivity index (χ0) is 14.7. The number of carbonyl (C=O) groups is 1. The zero-order valence-electron chi connectivity index (χ0n) is 10.2. The van der Waals surface area contributed by atoms with Crippen molar-refractivity contribution >= 4 is 17.1 Å². The van der Waals surface area contributed by atoms with Crippen molar-refractivity contribution in [1.82, 2.24) is 0 Å². The summed E-state index contributed by atoms with van der Waals surface area (Å²) >= 11 is 0. The van der Waals surface area contributed by atoms with E-state index in [-0.39, 0.29) is 17.6 Å². The summed E-state index contributed by atoms with van der Waals surface area (Å²) < 4.78 is 0. The number of carboxylic acids is 1. The quantitative estimate of drug-likeness (QED) is 0.616. The van der Waals surface area contributed by atoms with Gasteiger partial charge >= 0.3 is 5.97 Å². The normalized spacial score (nSPS) is 14.6. The Labute approximate surface area is 114 Å². The second kappa shape index (κ2) is 5.10. The van der Waals surface area contributed by atoms with Gasteiger partial charge in [-0.2, -0.15) is 15.8 Å². The van der Waals surface area contributed by atoms with Crippen molar-refractivity contribution in [3.8, 4) is 18.2 Å². The molecule has 0 amide bonds. The molecule has 0 atom stereocenters. The molecule has 94 valence electrons. The van der Waals surface area contributed by atoms with Crippen LogP contribution < -0.4 is 0 Å². The van der Waals surface area contributed by atoms with E-state index in [4.69, 9.17) is 20.9 Å². The van der Waals surface area contributed by atoms with Crippen LogP contribution in [0.4, 0.5) is 0 Å². The van der Waals surface area contributed by atoms with Crippen LogP contribution in [0.1, 0.15) is 17.5 Å². The number of benzene rings is 1. The number of nitrogens with zero attached hydrogens (tertiary/aromatic N) is 3. The number of nitriles is 3. The molecule has 20 heavy (non-hydrogen) atoms. The standard InChI is InChI=1S/C15H7N3O2/c16-6-9(7-17)12-5-13(14(8-18)15(19)20)11-4-2-1-3-10(11)12/h1-4H,5H2,(H,19,20). The van der Waals surface area contributed by atoms with Gasteiger partial charge in [0.05, 0.1) is 0 Å². The van der Waals surface area contributed by atoms with E-state index in [9.17, 15) is 4.79 Å². The average molecular weight is 261 g/mol. The van der Waals surface area contributed by atoms with Gasteiger partial charge in [-0.25, -0.2) is 4.79 Å². The van der Waals surface area contributed by atoms with Gasteiger partial charge in [0.15, 0.2) is 0 Å². The third-order valence-electron chi connectivity index (χ3n) is 3.08. The summed E-state index contributed by atoms with van der Waals surface area (Å²) in [5.74, 6) is -1.31. The van der Waals surface area contributed by atoms with Crippen molar-refractivity contribution in [2.45, 2.75) is 6.42 Å². The topological polar surface area (TPSA) is 109 Å². The molecule has 0 radical (unpaired) electrons. The zero-order valence-corrected chi connectivity index (χ0v) is 10.2. The van der Waals surface area contributed by atoms with E-state index < -0.39 is 5.97 Å². The van der Waals surface area contributed by atoms with Gasteiger partial charge in [-0.3, -0.25) is 0 Å². The fourth-order valence-corrected chi connectivity index (χ4v) is 2.23. The van der Waals surface area contributed by atoms with Crippen molar-refractivity contribution in [3.63, 3.8) is 0 Å². The minimum absolute atomic E-state index is 0.0601. The number of fused-ring (bicyclic) bond motifs is 1. The minimum atomic E-state index is -1.31. The molecular formula is C15H7N3O2. The van der Waals surface area contributed by atoms with Gasteiger partial charge in [-0.1, -0.05) is 24.3 Å². The number of hydrogen-bond acceptors (Lipinski definition) is 4. The summed E-state index contributed by atoms with van der Waals surface area (Å²) in [5, 5.41) is 36.0. The van der Waals surface area contributed by atoms with Crippen LogP contribution >= 0.6 is 0 Å². The number of carboxylic acid groups (broad SMARTS) is 1. The van der Waals surface area contributed by atoms with Gasteiger partial charge in [0.25, 0.3) is 0 Å². The summed E-state index contributed by atoms with van der Waals surface area (Å²) in [7, 11) is 0. The van der Waals surface area contributed by atoms with Crippen LogP contribution in [-0.2, 0) is 4.79 Å². The molecule has 1 aliphatic rings. The first-order valence-electron chi connectivity index (χ1n) is 5.63. The molecule has 5 heteroatoms. The molecule has 1 N–H and O–H groups in total. The largest absolute Gasteiger partial charge is 0.477 e. The van der Waals surface area contributed by atoms with E-state index in [1.165, 1.54) is 0 Å². The lowest BCUT2D eigenvalue weighted by atomic mass is 10.0. The molecule has 0 saturated heterocycles. The Balaban J connectivity index is 2.82. The molecular weight excluding hydrogens is 254 g/mol. The van der Waals surface area contributed by atoms with Crippen molar-refractivity contribution in [1.29, 1.82) is 15.8 Å². The van der Waals surface area contributed by atoms with Gasteiger partial charge in [-0.05, 0) is 22.3 Å². The maximum absolute atomic E-state index is 11.1. The summed E-state index contributed by atoms with van der Waals surface area (Å²) in [6.45, 7) is 0. The first-order valence-corrected chi connectivity index (χ1v) is 5.63. The monoisotopic (exact) mass is 261 g/mol. The molecule has 0 fully saturated rings. The van der Waals surface area contributed by atoms with Crippen LogP contribution in [0, 0.1) is 34.0 Å². The van der Waals surface area contributed by atoms with Gasteiger partial charge in [-0.15, -0.1) is 0 Å². The molecule has 1 aromatic rings. The van der Waals surface area contributed by atoms with Crippen molar-refractivity contribution in [2.24, 2.45) is 0 Å². The third kappa shape index (κ3) is 1.92. The van der Waals surface area contributed by atoms with Crippen LogP contribution in [0.25, 0.3) is 11.1 Å². The maximum atomic E-state index is 11.1. The second-order valence-corrected chi connectivity index (χ2v) is 4.07. The highest BCUT2D eigenvalue weighted by Gasteiger charge is 2.28. The number of hydrogen-bond donors (Lipinski definition) is 1. The number of allylic oxidation sites excluding steroid dienone is 3. The Morgan fingerprint density at radius 2 is 1.55 bits per heavy atom. The van der Waals surface area contributed by atoms with Crippen molar-refractivity contribution < 1.29 is 9.90 Å².